The molecular formula is C15H27N3S2. The van der Waals surface area contributed by atoms with Crippen molar-refractivity contribution in [2.24, 2.45) is 5.84 Å². The van der Waals surface area contributed by atoms with Gasteiger partial charge in [0.15, 0.2) is 0 Å². The molecule has 1 aliphatic carbocycles. The first-order valence-electron chi connectivity index (χ1n) is 7.51. The second-order valence-electron chi connectivity index (χ2n) is 6.68. The van der Waals surface area contributed by atoms with Crippen molar-refractivity contribution in [3.05, 3.63) is 16.1 Å². The fraction of sp³-hybridized carbons (Fsp3) is 0.800. The van der Waals surface area contributed by atoms with Crippen LogP contribution in [0.1, 0.15) is 57.2 Å². The molecule has 0 aromatic carbocycles. The maximum absolute atomic E-state index is 5.71. The predicted molar refractivity (Wildman–Crippen MR) is 90.3 cm³/mol. The van der Waals surface area contributed by atoms with Crippen molar-refractivity contribution >= 4 is 23.1 Å². The highest BCUT2D eigenvalue weighted by atomic mass is 32.2. The van der Waals surface area contributed by atoms with Crippen LogP contribution in [0.2, 0.25) is 0 Å². The van der Waals surface area contributed by atoms with Crippen molar-refractivity contribution < 1.29 is 0 Å². The summed E-state index contributed by atoms with van der Waals surface area (Å²) < 4.78 is 0. The molecule has 0 spiro atoms. The number of hydrogen-bond donors (Lipinski definition) is 2. The number of hydrazine groups is 1. The van der Waals surface area contributed by atoms with Crippen LogP contribution in [0.5, 0.6) is 0 Å². The molecule has 20 heavy (non-hydrogen) atoms. The number of thiazole rings is 1. The highest BCUT2D eigenvalue weighted by Crippen LogP contribution is 2.30. The number of nitrogens with zero attached hydrogens (tertiary/aromatic N) is 1. The van der Waals surface area contributed by atoms with Crippen LogP contribution in [0.25, 0.3) is 0 Å². The number of nitrogens with one attached hydrogen (secondary N) is 1. The van der Waals surface area contributed by atoms with Gasteiger partial charge in [0.25, 0.3) is 0 Å². The fourth-order valence-electron chi connectivity index (χ4n) is 2.43. The van der Waals surface area contributed by atoms with E-state index in [1.54, 1.807) is 11.3 Å². The first kappa shape index (κ1) is 16.3. The first-order valence-corrected chi connectivity index (χ1v) is 9.44. The summed E-state index contributed by atoms with van der Waals surface area (Å²) in [5, 5.41) is 4.24. The number of hydrogen-bond acceptors (Lipinski definition) is 5. The molecule has 1 fully saturated rings. The summed E-state index contributed by atoms with van der Waals surface area (Å²) in [5.41, 5.74) is 4.30. The Morgan fingerprint density at radius 2 is 2.15 bits per heavy atom. The largest absolute Gasteiger partial charge is 0.271 e. The summed E-state index contributed by atoms with van der Waals surface area (Å²) in [5.74, 6) is 6.80. The van der Waals surface area contributed by atoms with E-state index >= 15 is 0 Å². The lowest BCUT2D eigenvalue weighted by Crippen LogP contribution is -2.39. The minimum Gasteiger partial charge on any atom is -0.271 e. The number of nitrogens with two attached hydrogens (primary N) is 1. The summed E-state index contributed by atoms with van der Waals surface area (Å²) in [6, 6.07) is 0.333. The average Bonchev–Trinajstić information content (AvgIpc) is 3.04. The van der Waals surface area contributed by atoms with Gasteiger partial charge in [-0.2, -0.15) is 11.8 Å². The van der Waals surface area contributed by atoms with E-state index < -0.39 is 0 Å². The van der Waals surface area contributed by atoms with Gasteiger partial charge in [-0.15, -0.1) is 11.3 Å². The molecule has 0 saturated heterocycles. The van der Waals surface area contributed by atoms with E-state index in [1.165, 1.54) is 36.4 Å². The molecular weight excluding hydrogens is 286 g/mol. The van der Waals surface area contributed by atoms with E-state index in [0.717, 1.165) is 17.4 Å². The molecule has 2 rings (SSSR count). The van der Waals surface area contributed by atoms with E-state index in [-0.39, 0.29) is 5.41 Å². The Hall–Kier alpha value is -0.100. The fourth-order valence-corrected chi connectivity index (χ4v) is 4.92. The van der Waals surface area contributed by atoms with Crippen molar-refractivity contribution in [3.63, 3.8) is 0 Å². The van der Waals surface area contributed by atoms with E-state index in [2.05, 4.69) is 43.3 Å². The molecule has 1 unspecified atom stereocenters. The predicted octanol–water partition coefficient (Wildman–Crippen LogP) is 3.49. The SMILES string of the molecule is CC(C)(C)c1csc(CC(CSC2CCCC2)NN)n1. The van der Waals surface area contributed by atoms with Crippen molar-refractivity contribution in [3.8, 4) is 0 Å². The summed E-state index contributed by atoms with van der Waals surface area (Å²) in [6.45, 7) is 6.63. The van der Waals surface area contributed by atoms with Gasteiger partial charge in [0.2, 0.25) is 0 Å². The van der Waals surface area contributed by atoms with Crippen LogP contribution in [0.4, 0.5) is 0 Å². The van der Waals surface area contributed by atoms with Gasteiger partial charge in [0, 0.05) is 34.3 Å². The van der Waals surface area contributed by atoms with Crippen LogP contribution in [-0.2, 0) is 11.8 Å². The lowest BCUT2D eigenvalue weighted by Gasteiger charge is -2.17. The minimum absolute atomic E-state index is 0.138. The molecule has 0 radical (unpaired) electrons. The third-order valence-electron chi connectivity index (χ3n) is 3.81. The first-order chi connectivity index (χ1) is 9.49. The van der Waals surface area contributed by atoms with Gasteiger partial charge >= 0.3 is 0 Å². The van der Waals surface area contributed by atoms with Crippen molar-refractivity contribution in [1.82, 2.24) is 10.4 Å². The third kappa shape index (κ3) is 4.72. The maximum atomic E-state index is 5.71. The lowest BCUT2D eigenvalue weighted by atomic mass is 9.93. The number of thioether (sulfide) groups is 1. The highest BCUT2D eigenvalue weighted by Gasteiger charge is 2.20. The van der Waals surface area contributed by atoms with Gasteiger partial charge in [-0.25, -0.2) is 4.98 Å². The van der Waals surface area contributed by atoms with E-state index in [0.29, 0.717) is 6.04 Å². The van der Waals surface area contributed by atoms with E-state index in [1.807, 2.05) is 0 Å². The van der Waals surface area contributed by atoms with Crippen LogP contribution in [0.3, 0.4) is 0 Å². The molecule has 1 aliphatic rings. The van der Waals surface area contributed by atoms with Gasteiger partial charge < -0.3 is 0 Å². The Labute approximate surface area is 131 Å². The van der Waals surface area contributed by atoms with E-state index in [9.17, 15) is 0 Å². The Morgan fingerprint density at radius 1 is 1.45 bits per heavy atom. The number of rotatable bonds is 6. The Bertz CT molecular complexity index is 405. The van der Waals surface area contributed by atoms with Crippen LogP contribution >= 0.6 is 23.1 Å². The zero-order valence-corrected chi connectivity index (χ0v) is 14.4. The molecule has 0 bridgehead atoms. The van der Waals surface area contributed by atoms with Crippen molar-refractivity contribution in [1.29, 1.82) is 0 Å². The summed E-state index contributed by atoms with van der Waals surface area (Å²) >= 11 is 3.84. The number of aromatic nitrogens is 1. The third-order valence-corrected chi connectivity index (χ3v) is 6.22. The molecule has 1 heterocycles. The Balaban J connectivity index is 1.84. The van der Waals surface area contributed by atoms with Crippen LogP contribution < -0.4 is 11.3 Å². The molecule has 114 valence electrons. The summed E-state index contributed by atoms with van der Waals surface area (Å²) in [7, 11) is 0. The van der Waals surface area contributed by atoms with Crippen LogP contribution in [0, 0.1) is 0 Å². The lowest BCUT2D eigenvalue weighted by molar-refractivity contribution is 0.555. The molecule has 5 heteroatoms. The van der Waals surface area contributed by atoms with Crippen LogP contribution in [-0.4, -0.2) is 22.0 Å². The van der Waals surface area contributed by atoms with Crippen molar-refractivity contribution in [2.45, 2.75) is 69.6 Å². The molecule has 0 aliphatic heterocycles. The summed E-state index contributed by atoms with van der Waals surface area (Å²) in [4.78, 5) is 4.76. The normalized spacial score (nSPS) is 18.6. The molecule has 1 aromatic rings. The van der Waals surface area contributed by atoms with Crippen molar-refractivity contribution in [2.75, 3.05) is 5.75 Å². The highest BCUT2D eigenvalue weighted by molar-refractivity contribution is 7.99. The molecule has 1 atom stereocenters. The smallest absolute Gasteiger partial charge is 0.0944 e. The van der Waals surface area contributed by atoms with Gasteiger partial charge in [-0.05, 0) is 12.8 Å². The minimum atomic E-state index is 0.138. The average molecular weight is 314 g/mol. The molecule has 0 amide bonds. The van der Waals surface area contributed by atoms with Gasteiger partial charge in [0.05, 0.1) is 10.7 Å². The van der Waals surface area contributed by atoms with Gasteiger partial charge in [0.1, 0.15) is 0 Å². The van der Waals surface area contributed by atoms with Gasteiger partial charge in [-0.1, -0.05) is 33.6 Å². The Kier molecular flexibility index (Phi) is 5.90. The molecule has 3 N–H and O–H groups in total. The van der Waals surface area contributed by atoms with Gasteiger partial charge in [-0.3, -0.25) is 11.3 Å². The maximum Gasteiger partial charge on any atom is 0.0944 e. The monoisotopic (exact) mass is 313 g/mol. The quantitative estimate of drug-likeness (QED) is 0.623. The molecule has 3 nitrogen and oxygen atoms in total. The second-order valence-corrected chi connectivity index (χ2v) is 8.96. The second kappa shape index (κ2) is 7.25. The summed E-state index contributed by atoms with van der Waals surface area (Å²) in [6.07, 6.45) is 6.51. The van der Waals surface area contributed by atoms with E-state index in [4.69, 9.17) is 10.8 Å². The zero-order valence-electron chi connectivity index (χ0n) is 12.8. The standard InChI is InChI=1S/C15H27N3S2/c1-15(2,3)13-10-20-14(17-13)8-11(18-16)9-19-12-6-4-5-7-12/h10-12,18H,4-9,16H2,1-3H3. The molecule has 1 aromatic heterocycles. The topological polar surface area (TPSA) is 50.9 Å². The van der Waals surface area contributed by atoms with Crippen LogP contribution in [0.15, 0.2) is 5.38 Å². The molecule has 1 saturated carbocycles. The Morgan fingerprint density at radius 3 is 2.70 bits per heavy atom. The zero-order chi connectivity index (χ0) is 14.6.